The van der Waals surface area contributed by atoms with Gasteiger partial charge in [0.15, 0.2) is 0 Å². The molecule has 25 heavy (non-hydrogen) atoms. The van der Waals surface area contributed by atoms with E-state index in [0.29, 0.717) is 23.9 Å². The summed E-state index contributed by atoms with van der Waals surface area (Å²) in [5.74, 6) is 0.138. The summed E-state index contributed by atoms with van der Waals surface area (Å²) in [5.41, 5.74) is 5.64. The van der Waals surface area contributed by atoms with Crippen LogP contribution in [0.5, 0.6) is 0 Å². The first-order chi connectivity index (χ1) is 12.0. The number of nitrogens with two attached hydrogens (primary N) is 1. The topological polar surface area (TPSA) is 88.3 Å². The molecule has 1 saturated heterocycles. The normalized spacial score (nSPS) is 23.1. The van der Waals surface area contributed by atoms with Crippen molar-refractivity contribution >= 4 is 29.2 Å². The van der Waals surface area contributed by atoms with Crippen molar-refractivity contribution in [1.82, 2.24) is 9.88 Å². The van der Waals surface area contributed by atoms with Gasteiger partial charge in [-0.15, -0.1) is 0 Å². The Morgan fingerprint density at radius 2 is 2.00 bits per heavy atom. The number of anilines is 1. The molecule has 0 bridgehead atoms. The zero-order chi connectivity index (χ0) is 17.9. The van der Waals surface area contributed by atoms with Crippen molar-refractivity contribution in [2.45, 2.75) is 50.5 Å². The van der Waals surface area contributed by atoms with Crippen LogP contribution in [0.1, 0.15) is 44.9 Å². The van der Waals surface area contributed by atoms with E-state index in [1.807, 2.05) is 0 Å². The Labute approximate surface area is 153 Å². The van der Waals surface area contributed by atoms with Crippen molar-refractivity contribution in [3.05, 3.63) is 23.4 Å². The second kappa shape index (κ2) is 7.70. The van der Waals surface area contributed by atoms with E-state index < -0.39 is 5.54 Å². The van der Waals surface area contributed by atoms with Crippen molar-refractivity contribution in [3.8, 4) is 0 Å². The van der Waals surface area contributed by atoms with Gasteiger partial charge in [0.1, 0.15) is 5.82 Å². The highest BCUT2D eigenvalue weighted by Crippen LogP contribution is 2.29. The molecule has 7 heteroatoms. The van der Waals surface area contributed by atoms with E-state index in [2.05, 4.69) is 10.3 Å². The molecule has 0 radical (unpaired) electrons. The Kier molecular flexibility index (Phi) is 5.59. The molecule has 1 saturated carbocycles. The number of nitrogens with one attached hydrogen (secondary N) is 1. The molecule has 3 rings (SSSR count). The summed E-state index contributed by atoms with van der Waals surface area (Å²) in [6.07, 6.45) is 7.71. The number of halogens is 1. The maximum atomic E-state index is 12.9. The van der Waals surface area contributed by atoms with Crippen LogP contribution in [-0.4, -0.2) is 40.3 Å². The van der Waals surface area contributed by atoms with E-state index in [9.17, 15) is 9.59 Å². The van der Waals surface area contributed by atoms with Crippen molar-refractivity contribution in [2.24, 2.45) is 11.7 Å². The Bertz CT molecular complexity index is 628. The maximum Gasteiger partial charge on any atom is 0.242 e. The van der Waals surface area contributed by atoms with Crippen molar-refractivity contribution in [3.63, 3.8) is 0 Å². The average molecular weight is 365 g/mol. The molecule has 136 valence electrons. The Hall–Kier alpha value is -1.66. The SMILES string of the molecule is NC1(C(=O)N2CCCC(C(=O)Nc3ccc(Cl)cn3)C2)CCCCC1. The van der Waals surface area contributed by atoms with Gasteiger partial charge in [-0.05, 0) is 37.8 Å². The summed E-state index contributed by atoms with van der Waals surface area (Å²) in [4.78, 5) is 31.3. The largest absolute Gasteiger partial charge is 0.340 e. The highest BCUT2D eigenvalue weighted by Gasteiger charge is 2.40. The Balaban J connectivity index is 1.61. The van der Waals surface area contributed by atoms with Gasteiger partial charge in [-0.3, -0.25) is 9.59 Å². The molecule has 1 unspecified atom stereocenters. The molecule has 2 heterocycles. The third kappa shape index (κ3) is 4.30. The van der Waals surface area contributed by atoms with Gasteiger partial charge >= 0.3 is 0 Å². The predicted molar refractivity (Wildman–Crippen MR) is 97.2 cm³/mol. The van der Waals surface area contributed by atoms with Crippen molar-refractivity contribution in [1.29, 1.82) is 0 Å². The van der Waals surface area contributed by atoms with Gasteiger partial charge in [0.25, 0.3) is 0 Å². The fourth-order valence-electron chi connectivity index (χ4n) is 3.77. The third-order valence-corrected chi connectivity index (χ3v) is 5.45. The van der Waals surface area contributed by atoms with Gasteiger partial charge in [-0.2, -0.15) is 0 Å². The smallest absolute Gasteiger partial charge is 0.242 e. The molecule has 2 amide bonds. The van der Waals surface area contributed by atoms with E-state index in [4.69, 9.17) is 17.3 Å². The lowest BCUT2D eigenvalue weighted by Gasteiger charge is -2.40. The number of piperidine rings is 1. The molecule has 3 N–H and O–H groups in total. The van der Waals surface area contributed by atoms with E-state index in [1.165, 1.54) is 6.20 Å². The van der Waals surface area contributed by atoms with Crippen LogP contribution in [0.15, 0.2) is 18.3 Å². The van der Waals surface area contributed by atoms with Gasteiger partial charge in [-0.25, -0.2) is 4.98 Å². The highest BCUT2D eigenvalue weighted by atomic mass is 35.5. The molecule has 6 nitrogen and oxygen atoms in total. The van der Waals surface area contributed by atoms with Crippen LogP contribution in [0.2, 0.25) is 5.02 Å². The Morgan fingerprint density at radius 3 is 2.68 bits per heavy atom. The number of aromatic nitrogens is 1. The quantitative estimate of drug-likeness (QED) is 0.862. The number of rotatable bonds is 3. The zero-order valence-corrected chi connectivity index (χ0v) is 15.1. The maximum absolute atomic E-state index is 12.9. The van der Waals surface area contributed by atoms with Crippen LogP contribution in [0.25, 0.3) is 0 Å². The zero-order valence-electron chi connectivity index (χ0n) is 14.3. The van der Waals surface area contributed by atoms with Gasteiger partial charge in [0.05, 0.1) is 16.5 Å². The number of nitrogens with zero attached hydrogens (tertiary/aromatic N) is 2. The number of pyridine rings is 1. The van der Waals surface area contributed by atoms with E-state index in [0.717, 1.165) is 44.9 Å². The molecule has 2 fully saturated rings. The minimum Gasteiger partial charge on any atom is -0.340 e. The van der Waals surface area contributed by atoms with Crippen molar-refractivity contribution in [2.75, 3.05) is 18.4 Å². The number of carbonyl (C=O) groups is 2. The lowest BCUT2D eigenvalue weighted by molar-refractivity contribution is -0.141. The molecule has 1 aromatic heterocycles. The fraction of sp³-hybridized carbons (Fsp3) is 0.611. The lowest BCUT2D eigenvalue weighted by atomic mass is 9.81. The Morgan fingerprint density at radius 1 is 1.24 bits per heavy atom. The minimum atomic E-state index is -0.742. The molecule has 1 aromatic rings. The van der Waals surface area contributed by atoms with Crippen LogP contribution < -0.4 is 11.1 Å². The van der Waals surface area contributed by atoms with E-state index in [-0.39, 0.29) is 17.7 Å². The standard InChI is InChI=1S/C18H25ClN4O2/c19-14-6-7-15(21-11-14)22-16(24)13-5-4-10-23(12-13)17(25)18(20)8-2-1-3-9-18/h6-7,11,13H,1-5,8-10,12,20H2,(H,21,22,24). The summed E-state index contributed by atoms with van der Waals surface area (Å²) in [6.45, 7) is 1.11. The van der Waals surface area contributed by atoms with Crippen LogP contribution in [0, 0.1) is 5.92 Å². The molecule has 2 aliphatic rings. The second-order valence-corrected chi connectivity index (χ2v) is 7.59. The van der Waals surface area contributed by atoms with Crippen LogP contribution in [0.4, 0.5) is 5.82 Å². The summed E-state index contributed by atoms with van der Waals surface area (Å²) >= 11 is 5.81. The third-order valence-electron chi connectivity index (χ3n) is 5.23. The summed E-state index contributed by atoms with van der Waals surface area (Å²) < 4.78 is 0. The van der Waals surface area contributed by atoms with E-state index >= 15 is 0 Å². The first-order valence-electron chi connectivity index (χ1n) is 8.99. The minimum absolute atomic E-state index is 0.00863. The van der Waals surface area contributed by atoms with Crippen LogP contribution in [-0.2, 0) is 9.59 Å². The summed E-state index contributed by atoms with van der Waals surface area (Å²) in [5, 5.41) is 3.33. The molecular weight excluding hydrogens is 340 g/mol. The number of hydrogen-bond donors (Lipinski definition) is 2. The molecule has 0 spiro atoms. The molecule has 0 aromatic carbocycles. The van der Waals surface area contributed by atoms with Crippen LogP contribution in [0.3, 0.4) is 0 Å². The number of hydrogen-bond acceptors (Lipinski definition) is 4. The predicted octanol–water partition coefficient (Wildman–Crippen LogP) is 2.57. The van der Waals surface area contributed by atoms with E-state index in [1.54, 1.807) is 17.0 Å². The first-order valence-corrected chi connectivity index (χ1v) is 9.36. The molecule has 1 atom stereocenters. The van der Waals surface area contributed by atoms with Gasteiger partial charge in [0, 0.05) is 19.3 Å². The highest BCUT2D eigenvalue weighted by molar-refractivity contribution is 6.30. The molecular formula is C18H25ClN4O2. The van der Waals surface area contributed by atoms with Crippen molar-refractivity contribution < 1.29 is 9.59 Å². The summed E-state index contributed by atoms with van der Waals surface area (Å²) in [7, 11) is 0. The van der Waals surface area contributed by atoms with Gasteiger partial charge in [-0.1, -0.05) is 30.9 Å². The van der Waals surface area contributed by atoms with Gasteiger partial charge < -0.3 is 16.0 Å². The number of amides is 2. The fourth-order valence-corrected chi connectivity index (χ4v) is 3.88. The first kappa shape index (κ1) is 18.1. The summed E-state index contributed by atoms with van der Waals surface area (Å²) in [6, 6.07) is 3.35. The monoisotopic (exact) mass is 364 g/mol. The number of likely N-dealkylation sites (tertiary alicyclic amines) is 1. The average Bonchev–Trinajstić information content (AvgIpc) is 2.63. The lowest BCUT2D eigenvalue weighted by Crippen LogP contribution is -2.58. The van der Waals surface area contributed by atoms with Crippen LogP contribution >= 0.6 is 11.6 Å². The molecule has 1 aliphatic heterocycles. The number of carbonyl (C=O) groups excluding carboxylic acids is 2. The molecule has 1 aliphatic carbocycles. The second-order valence-electron chi connectivity index (χ2n) is 7.16. The van der Waals surface area contributed by atoms with Gasteiger partial charge in [0.2, 0.25) is 11.8 Å².